The van der Waals surface area contributed by atoms with Crippen LogP contribution in [0.3, 0.4) is 0 Å². The molecule has 1 N–H and O–H groups in total. The van der Waals surface area contributed by atoms with E-state index < -0.39 is 28.5 Å². The van der Waals surface area contributed by atoms with Crippen molar-refractivity contribution in [1.29, 1.82) is 0 Å². The minimum Gasteiger partial charge on any atom is -0.354 e. The quantitative estimate of drug-likeness (QED) is 0.292. The van der Waals surface area contributed by atoms with Crippen molar-refractivity contribution in [3.8, 4) is 0 Å². The van der Waals surface area contributed by atoms with E-state index in [1.165, 1.54) is 17.0 Å². The van der Waals surface area contributed by atoms with Gasteiger partial charge in [0.1, 0.15) is 12.6 Å². The van der Waals surface area contributed by atoms with E-state index >= 15 is 0 Å². The molecule has 208 valence electrons. The maximum atomic E-state index is 14.0. The summed E-state index contributed by atoms with van der Waals surface area (Å²) in [4.78, 5) is 28.5. The Kier molecular flexibility index (Phi) is 10.5. The first kappa shape index (κ1) is 30.2. The maximum Gasteiger partial charge on any atom is 0.264 e. The van der Waals surface area contributed by atoms with Crippen molar-refractivity contribution in [3.05, 3.63) is 94.5 Å². The molecule has 0 aliphatic heterocycles. The average molecular weight is 570 g/mol. The van der Waals surface area contributed by atoms with Gasteiger partial charge in [0, 0.05) is 18.1 Å². The van der Waals surface area contributed by atoms with Crippen LogP contribution in [0.1, 0.15) is 43.4 Å². The number of benzene rings is 3. The summed E-state index contributed by atoms with van der Waals surface area (Å²) in [6, 6.07) is 19.6. The fourth-order valence-electron chi connectivity index (χ4n) is 4.22. The van der Waals surface area contributed by atoms with E-state index in [1.54, 1.807) is 50.2 Å². The van der Waals surface area contributed by atoms with Crippen molar-refractivity contribution in [3.63, 3.8) is 0 Å². The Hall–Kier alpha value is -3.36. The molecule has 0 spiro atoms. The Balaban J connectivity index is 2.03. The highest BCUT2D eigenvalue weighted by Crippen LogP contribution is 2.29. The summed E-state index contributed by atoms with van der Waals surface area (Å²) < 4.78 is 28.8. The zero-order chi connectivity index (χ0) is 28.6. The summed E-state index contributed by atoms with van der Waals surface area (Å²) in [7, 11) is -4.12. The summed E-state index contributed by atoms with van der Waals surface area (Å²) in [5.41, 5.74) is 2.79. The second-order valence-electron chi connectivity index (χ2n) is 9.52. The molecule has 9 heteroatoms. The predicted octanol–water partition coefficient (Wildman–Crippen LogP) is 5.49. The van der Waals surface area contributed by atoms with Crippen molar-refractivity contribution in [1.82, 2.24) is 10.2 Å². The molecule has 1 atom stereocenters. The number of rotatable bonds is 12. The Bertz CT molecular complexity index is 1400. The largest absolute Gasteiger partial charge is 0.354 e. The average Bonchev–Trinajstić information content (AvgIpc) is 2.91. The highest BCUT2D eigenvalue weighted by atomic mass is 35.5. The van der Waals surface area contributed by atoms with Gasteiger partial charge in [0.2, 0.25) is 11.8 Å². The van der Waals surface area contributed by atoms with Crippen LogP contribution in [0.4, 0.5) is 5.69 Å². The molecule has 2 amide bonds. The summed E-state index contributed by atoms with van der Waals surface area (Å²) in [6.45, 7) is 7.56. The highest BCUT2D eigenvalue weighted by Gasteiger charge is 2.33. The van der Waals surface area contributed by atoms with Crippen LogP contribution in [0.5, 0.6) is 0 Å². The van der Waals surface area contributed by atoms with Crippen molar-refractivity contribution in [2.24, 2.45) is 0 Å². The third-order valence-corrected chi connectivity index (χ3v) is 8.65. The molecule has 0 fully saturated rings. The number of anilines is 1. The van der Waals surface area contributed by atoms with Gasteiger partial charge in [0.15, 0.2) is 0 Å². The van der Waals surface area contributed by atoms with Gasteiger partial charge in [-0.05, 0) is 74.2 Å². The molecule has 0 aliphatic carbocycles. The van der Waals surface area contributed by atoms with E-state index in [1.807, 2.05) is 38.1 Å². The third kappa shape index (κ3) is 7.61. The van der Waals surface area contributed by atoms with Crippen molar-refractivity contribution < 1.29 is 18.0 Å². The van der Waals surface area contributed by atoms with E-state index in [4.69, 9.17) is 11.6 Å². The first-order chi connectivity index (χ1) is 18.6. The molecule has 0 saturated heterocycles. The Morgan fingerprint density at radius 3 is 2.26 bits per heavy atom. The van der Waals surface area contributed by atoms with E-state index in [9.17, 15) is 18.0 Å². The Morgan fingerprint density at radius 1 is 0.949 bits per heavy atom. The summed E-state index contributed by atoms with van der Waals surface area (Å²) in [6.07, 6.45) is 1.75. The maximum absolute atomic E-state index is 14.0. The number of aryl methyl sites for hydroxylation is 2. The van der Waals surface area contributed by atoms with Crippen LogP contribution in [-0.4, -0.2) is 44.3 Å². The molecular weight excluding hydrogens is 534 g/mol. The van der Waals surface area contributed by atoms with Gasteiger partial charge < -0.3 is 10.2 Å². The molecule has 0 unspecified atom stereocenters. The van der Waals surface area contributed by atoms with Gasteiger partial charge in [-0.25, -0.2) is 8.42 Å². The lowest BCUT2D eigenvalue weighted by molar-refractivity contribution is -0.139. The number of nitrogens with one attached hydrogen (secondary N) is 1. The lowest BCUT2D eigenvalue weighted by Gasteiger charge is -2.32. The monoisotopic (exact) mass is 569 g/mol. The van der Waals surface area contributed by atoms with Crippen LogP contribution in [-0.2, 0) is 26.2 Å². The second kappa shape index (κ2) is 13.6. The van der Waals surface area contributed by atoms with Crippen LogP contribution in [0.15, 0.2) is 77.7 Å². The molecule has 3 aromatic rings. The first-order valence-corrected chi connectivity index (χ1v) is 14.8. The SMILES string of the molecule is CCCCNC(=O)[C@H](C)N(Cc1ccccc1C)C(=O)CN(c1ccc(Cl)cc1C)S(=O)(=O)c1ccccc1. The number of carbonyl (C=O) groups excluding carboxylic acids is 2. The van der Waals surface area contributed by atoms with Crippen molar-refractivity contribution in [2.75, 3.05) is 17.4 Å². The Morgan fingerprint density at radius 2 is 1.62 bits per heavy atom. The second-order valence-corrected chi connectivity index (χ2v) is 11.8. The number of hydrogen-bond acceptors (Lipinski definition) is 4. The summed E-state index contributed by atoms with van der Waals surface area (Å²) in [5, 5.41) is 3.35. The fourth-order valence-corrected chi connectivity index (χ4v) is 5.95. The highest BCUT2D eigenvalue weighted by molar-refractivity contribution is 7.92. The van der Waals surface area contributed by atoms with Gasteiger partial charge in [-0.2, -0.15) is 0 Å². The summed E-state index contributed by atoms with van der Waals surface area (Å²) in [5.74, 6) is -0.782. The number of amides is 2. The lowest BCUT2D eigenvalue weighted by Crippen LogP contribution is -2.51. The van der Waals surface area contributed by atoms with E-state index in [-0.39, 0.29) is 17.3 Å². The van der Waals surface area contributed by atoms with Crippen molar-refractivity contribution >= 4 is 39.1 Å². The summed E-state index contributed by atoms with van der Waals surface area (Å²) >= 11 is 6.16. The van der Waals surface area contributed by atoms with Crippen LogP contribution in [0.25, 0.3) is 0 Å². The zero-order valence-corrected chi connectivity index (χ0v) is 24.4. The molecule has 0 bridgehead atoms. The molecule has 0 heterocycles. The van der Waals surface area contributed by atoms with Gasteiger partial charge in [0.05, 0.1) is 10.6 Å². The molecule has 39 heavy (non-hydrogen) atoms. The molecule has 3 aromatic carbocycles. The number of halogens is 1. The van der Waals surface area contributed by atoms with E-state index in [2.05, 4.69) is 5.32 Å². The van der Waals surface area contributed by atoms with E-state index in [0.717, 1.165) is 28.3 Å². The zero-order valence-electron chi connectivity index (χ0n) is 22.9. The number of carbonyl (C=O) groups is 2. The smallest absolute Gasteiger partial charge is 0.264 e. The van der Waals surface area contributed by atoms with Crippen LogP contribution in [0.2, 0.25) is 5.02 Å². The molecule has 0 aliphatic rings. The molecule has 7 nitrogen and oxygen atoms in total. The lowest BCUT2D eigenvalue weighted by atomic mass is 10.1. The third-order valence-electron chi connectivity index (χ3n) is 6.64. The molecular formula is C30H36ClN3O4S. The number of unbranched alkanes of at least 4 members (excludes halogenated alkanes) is 1. The predicted molar refractivity (Wildman–Crippen MR) is 156 cm³/mol. The van der Waals surface area contributed by atoms with Crippen LogP contribution >= 0.6 is 11.6 Å². The van der Waals surface area contributed by atoms with Crippen LogP contribution in [0, 0.1) is 13.8 Å². The van der Waals surface area contributed by atoms with E-state index in [0.29, 0.717) is 22.8 Å². The minimum absolute atomic E-state index is 0.0583. The topological polar surface area (TPSA) is 86.8 Å². The standard InChI is InChI=1S/C30H36ClN3O4S/c1-5-6-18-32-30(36)24(4)33(20-25-13-11-10-12-22(25)2)29(35)21-34(28-17-16-26(31)19-23(28)3)39(37,38)27-14-8-7-9-15-27/h7-17,19,24H,5-6,18,20-21H2,1-4H3,(H,32,36)/t24-/m0/s1. The van der Waals surface area contributed by atoms with Gasteiger partial charge in [-0.15, -0.1) is 0 Å². The molecule has 0 saturated carbocycles. The van der Waals surface area contributed by atoms with Gasteiger partial charge in [-0.3, -0.25) is 13.9 Å². The van der Waals surface area contributed by atoms with Gasteiger partial charge in [0.25, 0.3) is 10.0 Å². The molecule has 0 radical (unpaired) electrons. The van der Waals surface area contributed by atoms with Crippen molar-refractivity contribution in [2.45, 2.75) is 58.0 Å². The minimum atomic E-state index is -4.12. The Labute approximate surface area is 236 Å². The van der Waals surface area contributed by atoms with Gasteiger partial charge in [-0.1, -0.05) is 67.4 Å². The molecule has 3 rings (SSSR count). The number of sulfonamides is 1. The fraction of sp³-hybridized carbons (Fsp3) is 0.333. The molecule has 0 aromatic heterocycles. The van der Waals surface area contributed by atoms with Crippen LogP contribution < -0.4 is 9.62 Å². The normalized spacial score (nSPS) is 12.0. The first-order valence-electron chi connectivity index (χ1n) is 13.0. The number of nitrogens with zero attached hydrogens (tertiary/aromatic N) is 2. The number of hydrogen-bond donors (Lipinski definition) is 1. The van der Waals surface area contributed by atoms with Gasteiger partial charge >= 0.3 is 0 Å².